The molecule has 1 aromatic heterocycles. The van der Waals surface area contributed by atoms with Gasteiger partial charge in [0.25, 0.3) is 0 Å². The lowest BCUT2D eigenvalue weighted by Gasteiger charge is -2.31. The largest absolute Gasteiger partial charge is 0.346 e. The second-order valence-corrected chi connectivity index (χ2v) is 5.71. The van der Waals surface area contributed by atoms with Gasteiger partial charge in [0.1, 0.15) is 0 Å². The Kier molecular flexibility index (Phi) is 3.47. The zero-order valence-electron chi connectivity index (χ0n) is 10.3. The first-order valence-corrected chi connectivity index (χ1v) is 7.36. The lowest BCUT2D eigenvalue weighted by molar-refractivity contribution is -0.136. The summed E-state index contributed by atoms with van der Waals surface area (Å²) in [5.41, 5.74) is 0. The van der Waals surface area contributed by atoms with Crippen molar-refractivity contribution in [1.29, 1.82) is 0 Å². The Labute approximate surface area is 111 Å². The lowest BCUT2D eigenvalue weighted by atomic mass is 10.0. The molecule has 0 aliphatic carbocycles. The molecule has 3 heterocycles. The van der Waals surface area contributed by atoms with Gasteiger partial charge in [-0.2, -0.15) is 0 Å². The Morgan fingerprint density at radius 2 is 2.22 bits per heavy atom. The van der Waals surface area contributed by atoms with E-state index in [1.165, 1.54) is 0 Å². The maximum absolute atomic E-state index is 12.2. The van der Waals surface area contributed by atoms with Gasteiger partial charge >= 0.3 is 0 Å². The summed E-state index contributed by atoms with van der Waals surface area (Å²) in [7, 11) is 0. The number of anilines is 1. The van der Waals surface area contributed by atoms with Crippen molar-refractivity contribution in [2.75, 3.05) is 44.2 Å². The normalized spacial score (nSPS) is 21.6. The van der Waals surface area contributed by atoms with Crippen molar-refractivity contribution in [2.24, 2.45) is 5.92 Å². The maximum atomic E-state index is 12.2. The number of hydrogen-bond donors (Lipinski definition) is 1. The summed E-state index contributed by atoms with van der Waals surface area (Å²) < 4.78 is 0. The van der Waals surface area contributed by atoms with Crippen LogP contribution in [0.5, 0.6) is 0 Å². The number of carbonyl (C=O) groups excluding carboxylic acids is 1. The topological polar surface area (TPSA) is 48.5 Å². The van der Waals surface area contributed by atoms with Crippen LogP contribution in [0.1, 0.15) is 6.42 Å². The molecule has 0 atom stereocenters. The van der Waals surface area contributed by atoms with Crippen LogP contribution in [0.3, 0.4) is 0 Å². The van der Waals surface area contributed by atoms with E-state index in [0.29, 0.717) is 5.91 Å². The van der Waals surface area contributed by atoms with Crippen LogP contribution in [-0.2, 0) is 4.79 Å². The number of rotatable bonds is 2. The number of amides is 1. The zero-order valence-corrected chi connectivity index (χ0v) is 11.2. The van der Waals surface area contributed by atoms with Gasteiger partial charge in [-0.15, -0.1) is 11.3 Å². The van der Waals surface area contributed by atoms with Gasteiger partial charge in [-0.05, 0) is 6.42 Å². The predicted molar refractivity (Wildman–Crippen MR) is 71.9 cm³/mol. The fraction of sp³-hybridized carbons (Fsp3) is 0.667. The second-order valence-electron chi connectivity index (χ2n) is 4.84. The van der Waals surface area contributed by atoms with Gasteiger partial charge in [0, 0.05) is 50.8 Å². The minimum Gasteiger partial charge on any atom is -0.346 e. The summed E-state index contributed by atoms with van der Waals surface area (Å²) >= 11 is 1.67. The average Bonchev–Trinajstić information content (AvgIpc) is 2.71. The van der Waals surface area contributed by atoms with Gasteiger partial charge in [-0.1, -0.05) is 0 Å². The summed E-state index contributed by atoms with van der Waals surface area (Å²) in [4.78, 5) is 20.8. The minimum absolute atomic E-state index is 0.219. The van der Waals surface area contributed by atoms with E-state index in [1.54, 1.807) is 11.3 Å². The van der Waals surface area contributed by atoms with Crippen molar-refractivity contribution in [3.8, 4) is 0 Å². The van der Waals surface area contributed by atoms with E-state index >= 15 is 0 Å². The highest BCUT2D eigenvalue weighted by Crippen LogP contribution is 2.19. The molecule has 2 aliphatic heterocycles. The van der Waals surface area contributed by atoms with Gasteiger partial charge < -0.3 is 15.1 Å². The van der Waals surface area contributed by atoms with Crippen LogP contribution in [0.4, 0.5) is 5.13 Å². The van der Waals surface area contributed by atoms with Crippen molar-refractivity contribution in [1.82, 2.24) is 15.2 Å². The Hall–Kier alpha value is -1.14. The van der Waals surface area contributed by atoms with Crippen LogP contribution < -0.4 is 10.2 Å². The van der Waals surface area contributed by atoms with E-state index in [1.807, 2.05) is 16.5 Å². The summed E-state index contributed by atoms with van der Waals surface area (Å²) in [6.07, 6.45) is 2.87. The first-order chi connectivity index (χ1) is 8.84. The van der Waals surface area contributed by atoms with Crippen molar-refractivity contribution in [3.63, 3.8) is 0 Å². The first kappa shape index (κ1) is 11.9. The Balaban J connectivity index is 1.59. The third-order valence-corrected chi connectivity index (χ3v) is 4.46. The molecular formula is C12H18N4OS. The van der Waals surface area contributed by atoms with Crippen LogP contribution in [0.15, 0.2) is 11.6 Å². The van der Waals surface area contributed by atoms with Crippen LogP contribution in [0.25, 0.3) is 0 Å². The Morgan fingerprint density at radius 1 is 1.33 bits per heavy atom. The molecule has 2 saturated heterocycles. The smallest absolute Gasteiger partial charge is 0.228 e. The SMILES string of the molecule is O=C(C1CNC1)N1CCCN(c2nccs2)CC1. The van der Waals surface area contributed by atoms with Gasteiger partial charge in [0.05, 0.1) is 5.92 Å². The molecule has 0 spiro atoms. The molecule has 0 unspecified atom stereocenters. The van der Waals surface area contributed by atoms with E-state index in [0.717, 1.165) is 50.8 Å². The van der Waals surface area contributed by atoms with Gasteiger partial charge in [-0.3, -0.25) is 4.79 Å². The van der Waals surface area contributed by atoms with Crippen LogP contribution in [-0.4, -0.2) is 55.1 Å². The molecule has 1 aromatic rings. The summed E-state index contributed by atoms with van der Waals surface area (Å²) in [5, 5.41) is 6.24. The predicted octanol–water partition coefficient (Wildman–Crippen LogP) is 0.401. The van der Waals surface area contributed by atoms with E-state index in [2.05, 4.69) is 15.2 Å². The number of hydrogen-bond acceptors (Lipinski definition) is 5. The fourth-order valence-corrected chi connectivity index (χ4v) is 3.12. The zero-order chi connectivity index (χ0) is 12.4. The average molecular weight is 266 g/mol. The molecule has 0 aromatic carbocycles. The molecule has 6 heteroatoms. The standard InChI is InChI=1S/C12H18N4OS/c17-11(10-8-13-9-10)15-3-1-4-16(6-5-15)12-14-2-7-18-12/h2,7,10,13H,1,3-6,8-9H2. The Morgan fingerprint density at radius 3 is 2.89 bits per heavy atom. The van der Waals surface area contributed by atoms with Gasteiger partial charge in [0.2, 0.25) is 5.91 Å². The van der Waals surface area contributed by atoms with Crippen molar-refractivity contribution in [3.05, 3.63) is 11.6 Å². The van der Waals surface area contributed by atoms with E-state index in [9.17, 15) is 4.79 Å². The molecule has 18 heavy (non-hydrogen) atoms. The van der Waals surface area contributed by atoms with Crippen molar-refractivity contribution in [2.45, 2.75) is 6.42 Å². The summed E-state index contributed by atoms with van der Waals surface area (Å²) in [5.74, 6) is 0.547. The molecule has 0 radical (unpaired) electrons. The molecule has 0 saturated carbocycles. The minimum atomic E-state index is 0.219. The second kappa shape index (κ2) is 5.24. The molecule has 1 amide bonds. The molecule has 0 bridgehead atoms. The monoisotopic (exact) mass is 266 g/mol. The number of nitrogens with one attached hydrogen (secondary N) is 1. The molecule has 2 fully saturated rings. The van der Waals surface area contributed by atoms with E-state index in [-0.39, 0.29) is 5.92 Å². The van der Waals surface area contributed by atoms with Crippen LogP contribution in [0, 0.1) is 5.92 Å². The van der Waals surface area contributed by atoms with Crippen LogP contribution in [0.2, 0.25) is 0 Å². The third-order valence-electron chi connectivity index (χ3n) is 3.63. The molecule has 2 aliphatic rings. The first-order valence-electron chi connectivity index (χ1n) is 6.48. The quantitative estimate of drug-likeness (QED) is 0.842. The highest BCUT2D eigenvalue weighted by molar-refractivity contribution is 7.13. The number of aromatic nitrogens is 1. The molecule has 5 nitrogen and oxygen atoms in total. The third kappa shape index (κ3) is 2.35. The van der Waals surface area contributed by atoms with Crippen LogP contribution >= 0.6 is 11.3 Å². The molecule has 98 valence electrons. The number of carbonyl (C=O) groups is 1. The fourth-order valence-electron chi connectivity index (χ4n) is 2.42. The van der Waals surface area contributed by atoms with Gasteiger partial charge in [-0.25, -0.2) is 4.98 Å². The highest BCUT2D eigenvalue weighted by Gasteiger charge is 2.30. The van der Waals surface area contributed by atoms with E-state index < -0.39 is 0 Å². The van der Waals surface area contributed by atoms with Gasteiger partial charge in [0.15, 0.2) is 5.13 Å². The molecule has 1 N–H and O–H groups in total. The highest BCUT2D eigenvalue weighted by atomic mass is 32.1. The summed E-state index contributed by atoms with van der Waals surface area (Å²) in [6.45, 7) is 5.32. The molecule has 3 rings (SSSR count). The van der Waals surface area contributed by atoms with Crippen molar-refractivity contribution < 1.29 is 4.79 Å². The maximum Gasteiger partial charge on any atom is 0.228 e. The van der Waals surface area contributed by atoms with Crippen molar-refractivity contribution >= 4 is 22.4 Å². The lowest BCUT2D eigenvalue weighted by Crippen LogP contribution is -2.52. The summed E-state index contributed by atoms with van der Waals surface area (Å²) in [6, 6.07) is 0. The Bertz CT molecular complexity index is 404. The van der Waals surface area contributed by atoms with E-state index in [4.69, 9.17) is 0 Å². The molecular weight excluding hydrogens is 248 g/mol. The number of thiazole rings is 1. The number of nitrogens with zero attached hydrogens (tertiary/aromatic N) is 3.